The second-order valence-corrected chi connectivity index (χ2v) is 8.21. The predicted molar refractivity (Wildman–Crippen MR) is 122 cm³/mol. The summed E-state index contributed by atoms with van der Waals surface area (Å²) in [6.07, 6.45) is 2.95. The van der Waals surface area contributed by atoms with Crippen molar-refractivity contribution < 1.29 is 13.7 Å². The van der Waals surface area contributed by atoms with Gasteiger partial charge in [0.25, 0.3) is 6.47 Å². The number of carbonyl (C=O) groups is 1. The zero-order chi connectivity index (χ0) is 21.6. The highest BCUT2D eigenvalue weighted by atomic mass is 32.2. The van der Waals surface area contributed by atoms with Crippen LogP contribution in [0.5, 0.6) is 0 Å². The van der Waals surface area contributed by atoms with Crippen LogP contribution in [0.25, 0.3) is 0 Å². The first kappa shape index (κ1) is 24.9. The van der Waals surface area contributed by atoms with Crippen molar-refractivity contribution >= 4 is 23.1 Å². The first-order valence-corrected chi connectivity index (χ1v) is 11.1. The molecule has 1 aliphatic heterocycles. The number of hydrogen-bond acceptors (Lipinski definition) is 4. The van der Waals surface area contributed by atoms with Crippen LogP contribution < -0.4 is 9.62 Å². The van der Waals surface area contributed by atoms with Crippen LogP contribution in [0.2, 0.25) is 0 Å². The Kier molecular flexibility index (Phi) is 11.9. The van der Waals surface area contributed by atoms with Crippen molar-refractivity contribution in [2.24, 2.45) is 0 Å². The first-order valence-electron chi connectivity index (χ1n) is 10.0. The Morgan fingerprint density at radius 3 is 2.31 bits per heavy atom. The Labute approximate surface area is 178 Å². The molecule has 1 heterocycles. The van der Waals surface area contributed by atoms with Gasteiger partial charge in [-0.2, -0.15) is 0 Å². The van der Waals surface area contributed by atoms with Crippen LogP contribution in [0, 0.1) is 6.92 Å². The average Bonchev–Trinajstić information content (AvgIpc) is 2.73. The second-order valence-electron chi connectivity index (χ2n) is 6.85. The Bertz CT molecular complexity index is 748. The molecule has 5 nitrogen and oxygen atoms in total. The van der Waals surface area contributed by atoms with Crippen LogP contribution in [0.3, 0.4) is 0 Å². The third-order valence-electron chi connectivity index (χ3n) is 4.07. The number of nitrogens with one attached hydrogen (secondary N) is 1. The van der Waals surface area contributed by atoms with Crippen molar-refractivity contribution in [3.63, 3.8) is 0 Å². The topological polar surface area (TPSA) is 58.6 Å². The molecule has 0 saturated heterocycles. The van der Waals surface area contributed by atoms with Gasteiger partial charge in [0.2, 0.25) is 0 Å². The van der Waals surface area contributed by atoms with Crippen LogP contribution >= 0.6 is 0 Å². The van der Waals surface area contributed by atoms with Crippen LogP contribution in [0.15, 0.2) is 53.4 Å². The van der Waals surface area contributed by atoms with E-state index in [4.69, 9.17) is 4.74 Å². The molecule has 0 saturated carbocycles. The minimum Gasteiger partial charge on any atom is -0.466 e. The van der Waals surface area contributed by atoms with Crippen molar-refractivity contribution in [2.75, 3.05) is 25.0 Å². The molecule has 1 N–H and O–H groups in total. The summed E-state index contributed by atoms with van der Waals surface area (Å²) in [5.74, 6) is 0. The van der Waals surface area contributed by atoms with E-state index in [9.17, 15) is 9.00 Å². The zero-order valence-corrected chi connectivity index (χ0v) is 19.0. The Morgan fingerprint density at radius 2 is 1.72 bits per heavy atom. The van der Waals surface area contributed by atoms with Gasteiger partial charge in [0.05, 0.1) is 16.6 Å². The van der Waals surface area contributed by atoms with E-state index in [1.807, 2.05) is 67.8 Å². The molecule has 0 aliphatic carbocycles. The fourth-order valence-electron chi connectivity index (χ4n) is 2.87. The summed E-state index contributed by atoms with van der Waals surface area (Å²) in [6.45, 7) is 6.95. The van der Waals surface area contributed by atoms with E-state index < -0.39 is 11.0 Å². The lowest BCUT2D eigenvalue weighted by Crippen LogP contribution is -2.43. The number of rotatable bonds is 5. The molecule has 3 rings (SSSR count). The molecule has 2 unspecified atom stereocenters. The maximum absolute atomic E-state index is 13.1. The van der Waals surface area contributed by atoms with E-state index in [2.05, 4.69) is 25.2 Å². The quantitative estimate of drug-likeness (QED) is 0.737. The third kappa shape index (κ3) is 7.63. The van der Waals surface area contributed by atoms with Gasteiger partial charge in [-0.3, -0.25) is 9.10 Å². The molecule has 2 atom stereocenters. The summed E-state index contributed by atoms with van der Waals surface area (Å²) in [4.78, 5) is 11.3. The minimum atomic E-state index is -1.34. The third-order valence-corrected chi connectivity index (χ3v) is 5.59. The van der Waals surface area contributed by atoms with Crippen molar-refractivity contribution in [3.05, 3.63) is 59.7 Å². The van der Waals surface area contributed by atoms with Crippen LogP contribution in [-0.4, -0.2) is 37.4 Å². The van der Waals surface area contributed by atoms with Crippen LogP contribution in [-0.2, 0) is 26.9 Å². The lowest BCUT2D eigenvalue weighted by molar-refractivity contribution is -0.129. The summed E-state index contributed by atoms with van der Waals surface area (Å²) in [6, 6.07) is 15.6. The number of benzene rings is 2. The molecular weight excluding hydrogens is 384 g/mol. The van der Waals surface area contributed by atoms with Gasteiger partial charge in [-0.15, -0.1) is 0 Å². The molecule has 0 aromatic heterocycles. The van der Waals surface area contributed by atoms with Crippen LogP contribution in [0.1, 0.15) is 37.8 Å². The molecule has 160 valence electrons. The fraction of sp³-hybridized carbons (Fsp3) is 0.435. The summed E-state index contributed by atoms with van der Waals surface area (Å²) >= 11 is 0. The maximum Gasteiger partial charge on any atom is 0.293 e. The second kappa shape index (κ2) is 13.9. The molecular formula is C23H34N2O3S. The fourth-order valence-corrected chi connectivity index (χ4v) is 4.26. The molecule has 2 aromatic carbocycles. The Morgan fingerprint density at radius 1 is 1.14 bits per heavy atom. The van der Waals surface area contributed by atoms with Gasteiger partial charge < -0.3 is 10.1 Å². The highest BCUT2D eigenvalue weighted by Crippen LogP contribution is 2.33. The van der Waals surface area contributed by atoms with Crippen molar-refractivity contribution in [2.45, 2.75) is 51.0 Å². The molecule has 0 radical (unpaired) electrons. The van der Waals surface area contributed by atoms with Gasteiger partial charge in [0.1, 0.15) is 6.61 Å². The van der Waals surface area contributed by atoms with Gasteiger partial charge in [-0.05, 0) is 57.6 Å². The van der Waals surface area contributed by atoms with Gasteiger partial charge in [-0.25, -0.2) is 4.21 Å². The molecule has 6 heteroatoms. The lowest BCUT2D eigenvalue weighted by Gasteiger charge is -2.36. The van der Waals surface area contributed by atoms with Gasteiger partial charge in [0, 0.05) is 0 Å². The largest absolute Gasteiger partial charge is 0.466 e. The molecule has 0 fully saturated rings. The van der Waals surface area contributed by atoms with E-state index in [1.165, 1.54) is 12.0 Å². The average molecular weight is 419 g/mol. The van der Waals surface area contributed by atoms with E-state index in [0.717, 1.165) is 29.0 Å². The van der Waals surface area contributed by atoms with E-state index in [0.29, 0.717) is 6.47 Å². The van der Waals surface area contributed by atoms with Gasteiger partial charge in [0.15, 0.2) is 11.0 Å². The summed E-state index contributed by atoms with van der Waals surface area (Å²) < 4.78 is 20.0. The number of ether oxygens (including phenoxy) is 1. The van der Waals surface area contributed by atoms with Crippen LogP contribution in [0.4, 0.5) is 5.69 Å². The lowest BCUT2D eigenvalue weighted by atomic mass is 9.98. The molecule has 0 spiro atoms. The van der Waals surface area contributed by atoms with Gasteiger partial charge >= 0.3 is 0 Å². The maximum atomic E-state index is 13.1. The number of para-hydroxylation sites is 1. The Balaban J connectivity index is 0.000000626. The SMILES string of the molecule is CCC.CNC.Cc1ccc(S(=O)N2c3ccccc3CCC2COC=O)cc1. The number of fused-ring (bicyclic) bond motifs is 1. The number of carbonyl (C=O) groups excluding carboxylic acids is 1. The molecule has 1 aliphatic rings. The van der Waals surface area contributed by atoms with E-state index >= 15 is 0 Å². The summed E-state index contributed by atoms with van der Waals surface area (Å²) in [5, 5.41) is 2.75. The van der Waals surface area contributed by atoms with E-state index in [1.54, 1.807) is 0 Å². The number of nitrogens with zero attached hydrogens (tertiary/aromatic N) is 1. The number of anilines is 1. The zero-order valence-electron chi connectivity index (χ0n) is 18.2. The molecule has 0 amide bonds. The first-order chi connectivity index (χ1) is 14.0. The number of hydrogen-bond donors (Lipinski definition) is 1. The normalized spacial score (nSPS) is 15.6. The summed E-state index contributed by atoms with van der Waals surface area (Å²) in [7, 11) is 2.41. The highest BCUT2D eigenvalue weighted by Gasteiger charge is 2.31. The predicted octanol–water partition coefficient (Wildman–Crippen LogP) is 4.26. The van der Waals surface area contributed by atoms with Crippen molar-refractivity contribution in [1.82, 2.24) is 5.32 Å². The van der Waals surface area contributed by atoms with E-state index in [-0.39, 0.29) is 12.6 Å². The summed E-state index contributed by atoms with van der Waals surface area (Å²) in [5.41, 5.74) is 3.26. The standard InChI is InChI=1S/C18H19NO3S.C3H8.C2H7N/c1-14-6-10-17(11-7-14)23(21)19-16(12-22-13-20)9-8-15-4-2-3-5-18(15)19;2*1-3-2/h2-7,10-11,13,16H,8-9,12H2,1H3;3H2,1-2H3;3H,1-2H3. The minimum absolute atomic E-state index is 0.0859. The molecule has 29 heavy (non-hydrogen) atoms. The smallest absolute Gasteiger partial charge is 0.293 e. The Hall–Kier alpha value is -2.18. The highest BCUT2D eigenvalue weighted by molar-refractivity contribution is 7.86. The van der Waals surface area contributed by atoms with Crippen molar-refractivity contribution in [3.8, 4) is 0 Å². The monoisotopic (exact) mass is 418 g/mol. The molecule has 0 bridgehead atoms. The van der Waals surface area contributed by atoms with Gasteiger partial charge in [-0.1, -0.05) is 56.2 Å². The van der Waals surface area contributed by atoms with Crippen molar-refractivity contribution in [1.29, 1.82) is 0 Å². The molecule has 2 aromatic rings. The number of aryl methyl sites for hydroxylation is 2.